The maximum atomic E-state index is 11.9. The van der Waals surface area contributed by atoms with E-state index in [0.29, 0.717) is 11.3 Å². The molecule has 0 aliphatic carbocycles. The number of carbonyl (C=O) groups excluding carboxylic acids is 1. The topological polar surface area (TPSA) is 72.2 Å². The molecule has 0 saturated carbocycles. The highest BCUT2D eigenvalue weighted by Gasteiger charge is 2.14. The third-order valence-electron chi connectivity index (χ3n) is 2.20. The van der Waals surface area contributed by atoms with Crippen LogP contribution in [0.15, 0.2) is 12.1 Å². The highest BCUT2D eigenvalue weighted by Crippen LogP contribution is 2.28. The van der Waals surface area contributed by atoms with Crippen molar-refractivity contribution in [3.63, 3.8) is 0 Å². The molecule has 4 nitrogen and oxygen atoms in total. The van der Waals surface area contributed by atoms with Crippen LogP contribution in [0.4, 0.5) is 5.69 Å². The van der Waals surface area contributed by atoms with Crippen LogP contribution in [0.2, 0.25) is 10.0 Å². The van der Waals surface area contributed by atoms with Crippen molar-refractivity contribution in [1.82, 2.24) is 5.32 Å². The largest absolute Gasteiger partial charge is 0.396 e. The lowest BCUT2D eigenvalue weighted by molar-refractivity contribution is 0.0943. The number of anilines is 1. The molecule has 0 aliphatic rings. The van der Waals surface area contributed by atoms with E-state index in [0.717, 1.165) is 0 Å². The summed E-state index contributed by atoms with van der Waals surface area (Å²) in [7, 11) is -0.968. The van der Waals surface area contributed by atoms with Crippen molar-refractivity contribution >= 4 is 45.6 Å². The van der Waals surface area contributed by atoms with Gasteiger partial charge in [-0.05, 0) is 19.1 Å². The number of nitrogen functional groups attached to an aromatic ring is 1. The van der Waals surface area contributed by atoms with Crippen LogP contribution in [0, 0.1) is 0 Å². The fourth-order valence-corrected chi connectivity index (χ4v) is 2.69. The Labute approximate surface area is 118 Å². The zero-order valence-corrected chi connectivity index (χ0v) is 12.3. The van der Waals surface area contributed by atoms with E-state index >= 15 is 0 Å². The molecule has 2 unspecified atom stereocenters. The lowest BCUT2D eigenvalue weighted by atomic mass is 10.2. The number of hydrogen-bond donors (Lipinski definition) is 2. The summed E-state index contributed by atoms with van der Waals surface area (Å²) in [5.74, 6) is 0.0686. The second-order valence-electron chi connectivity index (χ2n) is 3.97. The van der Waals surface area contributed by atoms with Gasteiger partial charge in [-0.15, -0.1) is 0 Å². The van der Waals surface area contributed by atoms with E-state index in [9.17, 15) is 9.00 Å². The van der Waals surface area contributed by atoms with Gasteiger partial charge >= 0.3 is 0 Å². The van der Waals surface area contributed by atoms with Crippen molar-refractivity contribution in [1.29, 1.82) is 0 Å². The van der Waals surface area contributed by atoms with Crippen molar-refractivity contribution in [3.8, 4) is 0 Å². The average Bonchev–Trinajstić information content (AvgIpc) is 2.23. The van der Waals surface area contributed by atoms with Crippen molar-refractivity contribution < 1.29 is 9.00 Å². The first kappa shape index (κ1) is 15.3. The van der Waals surface area contributed by atoms with Gasteiger partial charge in [-0.2, -0.15) is 0 Å². The van der Waals surface area contributed by atoms with Crippen molar-refractivity contribution in [2.24, 2.45) is 0 Å². The normalized spacial score (nSPS) is 14.0. The Bertz CT molecular complexity index is 471. The molecule has 100 valence electrons. The second-order valence-corrected chi connectivity index (χ2v) is 6.26. The van der Waals surface area contributed by atoms with Gasteiger partial charge in [0, 0.05) is 34.4 Å². The minimum Gasteiger partial charge on any atom is -0.396 e. The standard InChI is InChI=1S/C11H14Cl2N2O2S/c1-6(5-18(2)17)15-11(16)7-3-8(12)10(14)9(13)4-7/h3-4,6H,5,14H2,1-2H3,(H,15,16). The van der Waals surface area contributed by atoms with Gasteiger partial charge in [-0.3, -0.25) is 9.00 Å². The molecule has 0 aromatic heterocycles. The van der Waals surface area contributed by atoms with E-state index < -0.39 is 10.8 Å². The van der Waals surface area contributed by atoms with Crippen LogP contribution in [0.25, 0.3) is 0 Å². The van der Waals surface area contributed by atoms with E-state index in [1.54, 1.807) is 13.2 Å². The second kappa shape index (κ2) is 6.41. The molecular formula is C11H14Cl2N2O2S. The first-order valence-corrected chi connectivity index (χ1v) is 7.65. The average molecular weight is 309 g/mol. The Morgan fingerprint density at radius 3 is 2.39 bits per heavy atom. The van der Waals surface area contributed by atoms with Gasteiger partial charge in [0.15, 0.2) is 0 Å². The van der Waals surface area contributed by atoms with Crippen LogP contribution < -0.4 is 11.1 Å². The maximum absolute atomic E-state index is 11.9. The number of rotatable bonds is 4. The van der Waals surface area contributed by atoms with Crippen LogP contribution in [0.3, 0.4) is 0 Å². The Kier molecular flexibility index (Phi) is 5.44. The van der Waals surface area contributed by atoms with Crippen LogP contribution >= 0.6 is 23.2 Å². The summed E-state index contributed by atoms with van der Waals surface area (Å²) in [6.07, 6.45) is 1.58. The fourth-order valence-electron chi connectivity index (χ4n) is 1.42. The van der Waals surface area contributed by atoms with E-state index in [1.165, 1.54) is 12.1 Å². The van der Waals surface area contributed by atoms with E-state index in [1.807, 2.05) is 0 Å². The third-order valence-corrected chi connectivity index (χ3v) is 3.80. The molecule has 0 bridgehead atoms. The number of halogens is 2. The fraction of sp³-hybridized carbons (Fsp3) is 0.364. The monoisotopic (exact) mass is 308 g/mol. The molecule has 7 heteroatoms. The summed E-state index contributed by atoms with van der Waals surface area (Å²) in [6, 6.07) is 2.71. The summed E-state index contributed by atoms with van der Waals surface area (Å²) in [6.45, 7) is 1.78. The Morgan fingerprint density at radius 2 is 1.94 bits per heavy atom. The molecular weight excluding hydrogens is 295 g/mol. The van der Waals surface area contributed by atoms with Gasteiger partial charge in [-0.1, -0.05) is 23.2 Å². The lowest BCUT2D eigenvalue weighted by Crippen LogP contribution is -2.36. The summed E-state index contributed by atoms with van der Waals surface area (Å²) >= 11 is 11.7. The van der Waals surface area contributed by atoms with Crippen molar-refractivity contribution in [2.75, 3.05) is 17.7 Å². The molecule has 1 amide bonds. The SMILES string of the molecule is CC(CS(C)=O)NC(=O)c1cc(Cl)c(N)c(Cl)c1. The number of nitrogens with two attached hydrogens (primary N) is 1. The first-order valence-electron chi connectivity index (χ1n) is 5.16. The Hall–Kier alpha value is -0.780. The van der Waals surface area contributed by atoms with Gasteiger partial charge in [-0.25, -0.2) is 0 Å². The van der Waals surface area contributed by atoms with Crippen LogP contribution in [-0.2, 0) is 10.8 Å². The number of carbonyl (C=O) groups is 1. The summed E-state index contributed by atoms with van der Waals surface area (Å²) in [4.78, 5) is 11.9. The van der Waals surface area contributed by atoms with Crippen LogP contribution in [0.1, 0.15) is 17.3 Å². The Balaban J connectivity index is 2.82. The predicted molar refractivity (Wildman–Crippen MR) is 76.7 cm³/mol. The summed E-state index contributed by atoms with van der Waals surface area (Å²) in [5, 5.41) is 3.18. The van der Waals surface area contributed by atoms with E-state index in [-0.39, 0.29) is 27.7 Å². The minimum atomic E-state index is -0.968. The summed E-state index contributed by atoms with van der Waals surface area (Å²) < 4.78 is 11.0. The zero-order valence-electron chi connectivity index (χ0n) is 10.00. The van der Waals surface area contributed by atoms with Gasteiger partial charge < -0.3 is 11.1 Å². The highest BCUT2D eigenvalue weighted by atomic mass is 35.5. The quantitative estimate of drug-likeness (QED) is 0.836. The lowest BCUT2D eigenvalue weighted by Gasteiger charge is -2.13. The molecule has 1 rings (SSSR count). The molecule has 0 radical (unpaired) electrons. The number of nitrogens with one attached hydrogen (secondary N) is 1. The third kappa shape index (κ3) is 4.15. The van der Waals surface area contributed by atoms with Gasteiger partial charge in [0.1, 0.15) is 0 Å². The van der Waals surface area contributed by atoms with E-state index in [2.05, 4.69) is 5.32 Å². The molecule has 0 saturated heterocycles. The van der Waals surface area contributed by atoms with Crippen molar-refractivity contribution in [2.45, 2.75) is 13.0 Å². The van der Waals surface area contributed by atoms with Crippen LogP contribution in [0.5, 0.6) is 0 Å². The summed E-state index contributed by atoms with van der Waals surface area (Å²) in [5.41, 5.74) is 6.16. The smallest absolute Gasteiger partial charge is 0.251 e. The molecule has 1 aromatic carbocycles. The van der Waals surface area contributed by atoms with Crippen LogP contribution in [-0.4, -0.2) is 28.2 Å². The minimum absolute atomic E-state index is 0.196. The number of amides is 1. The molecule has 0 aliphatic heterocycles. The number of benzene rings is 1. The van der Waals surface area contributed by atoms with E-state index in [4.69, 9.17) is 28.9 Å². The maximum Gasteiger partial charge on any atom is 0.251 e. The molecule has 3 N–H and O–H groups in total. The van der Waals surface area contributed by atoms with Gasteiger partial charge in [0.05, 0.1) is 15.7 Å². The molecule has 0 spiro atoms. The first-order chi connectivity index (χ1) is 8.31. The number of hydrogen-bond acceptors (Lipinski definition) is 3. The van der Waals surface area contributed by atoms with Gasteiger partial charge in [0.2, 0.25) is 0 Å². The molecule has 2 atom stereocenters. The van der Waals surface area contributed by atoms with Crippen molar-refractivity contribution in [3.05, 3.63) is 27.7 Å². The van der Waals surface area contributed by atoms with Gasteiger partial charge in [0.25, 0.3) is 5.91 Å². The highest BCUT2D eigenvalue weighted by molar-refractivity contribution is 7.84. The molecule has 0 heterocycles. The zero-order chi connectivity index (χ0) is 13.9. The molecule has 1 aromatic rings. The molecule has 0 fully saturated rings. The molecule has 18 heavy (non-hydrogen) atoms. The predicted octanol–water partition coefficient (Wildman–Crippen LogP) is 2.07. The Morgan fingerprint density at radius 1 is 1.44 bits per heavy atom.